The molecule has 0 unspecified atom stereocenters. The van der Waals surface area contributed by atoms with Crippen LogP contribution < -0.4 is 10.1 Å². The highest BCUT2D eigenvalue weighted by Crippen LogP contribution is 2.25. The van der Waals surface area contributed by atoms with Crippen LogP contribution in [-0.2, 0) is 16.1 Å². The van der Waals surface area contributed by atoms with E-state index in [1.165, 1.54) is 0 Å². The van der Waals surface area contributed by atoms with Crippen molar-refractivity contribution >= 4 is 22.9 Å². The number of carbonyl (C=O) groups excluding carboxylic acids is 2. The maximum absolute atomic E-state index is 12.8. The number of hydrogen-bond donors (Lipinski definition) is 1. The fraction of sp³-hybridized carbons (Fsp3) is 0.391. The van der Waals surface area contributed by atoms with Crippen LogP contribution in [0.25, 0.3) is 11.0 Å². The molecule has 0 atom stereocenters. The zero-order valence-electron chi connectivity index (χ0n) is 18.5. The second-order valence-electron chi connectivity index (χ2n) is 7.83. The standard InChI is InChI=1S/C23H28N4O4/c1-14(2)19-10-17(18-12-25-27(15(3)4)22(18)26-19)23(29)31-13-21(28)24-11-16-8-6-7-9-20(16)30-5/h6-10,12,14-15H,11,13H2,1-5H3,(H,24,28). The third-order valence-corrected chi connectivity index (χ3v) is 4.89. The summed E-state index contributed by atoms with van der Waals surface area (Å²) in [5, 5.41) is 7.72. The first-order chi connectivity index (χ1) is 14.8. The minimum absolute atomic E-state index is 0.0945. The van der Waals surface area contributed by atoms with E-state index in [1.807, 2.05) is 52.0 Å². The first kappa shape index (κ1) is 22.3. The predicted molar refractivity (Wildman–Crippen MR) is 117 cm³/mol. The maximum atomic E-state index is 12.8. The summed E-state index contributed by atoms with van der Waals surface area (Å²) in [5.74, 6) is -0.172. The third kappa shape index (κ3) is 5.02. The Labute approximate surface area is 181 Å². The molecule has 2 heterocycles. The summed E-state index contributed by atoms with van der Waals surface area (Å²) >= 11 is 0. The van der Waals surface area contributed by atoms with Crippen LogP contribution in [0.1, 0.15) is 61.3 Å². The van der Waals surface area contributed by atoms with Crippen LogP contribution in [0, 0.1) is 0 Å². The Balaban J connectivity index is 1.72. The van der Waals surface area contributed by atoms with Gasteiger partial charge in [0.05, 0.1) is 24.3 Å². The van der Waals surface area contributed by atoms with Gasteiger partial charge in [0, 0.05) is 23.8 Å². The summed E-state index contributed by atoms with van der Waals surface area (Å²) in [6.07, 6.45) is 1.62. The molecular weight excluding hydrogens is 396 g/mol. The predicted octanol–water partition coefficient (Wildman–Crippen LogP) is 3.62. The molecule has 164 valence electrons. The van der Waals surface area contributed by atoms with E-state index in [4.69, 9.17) is 9.47 Å². The van der Waals surface area contributed by atoms with Crippen molar-refractivity contribution in [3.63, 3.8) is 0 Å². The topological polar surface area (TPSA) is 95.3 Å². The van der Waals surface area contributed by atoms with Crippen molar-refractivity contribution in [2.24, 2.45) is 0 Å². The Morgan fingerprint density at radius 1 is 1.16 bits per heavy atom. The Morgan fingerprint density at radius 2 is 1.90 bits per heavy atom. The quantitative estimate of drug-likeness (QED) is 0.555. The second-order valence-corrected chi connectivity index (χ2v) is 7.83. The Bertz CT molecular complexity index is 1090. The van der Waals surface area contributed by atoms with Crippen LogP contribution in [0.5, 0.6) is 5.75 Å². The van der Waals surface area contributed by atoms with Crippen LogP contribution >= 0.6 is 0 Å². The molecule has 1 N–H and O–H groups in total. The Kier molecular flexibility index (Phi) is 6.89. The van der Waals surface area contributed by atoms with E-state index in [1.54, 1.807) is 24.1 Å². The number of carbonyl (C=O) groups is 2. The lowest BCUT2D eigenvalue weighted by molar-refractivity contribution is -0.124. The van der Waals surface area contributed by atoms with Gasteiger partial charge in [-0.05, 0) is 31.9 Å². The van der Waals surface area contributed by atoms with Gasteiger partial charge in [-0.15, -0.1) is 0 Å². The normalized spacial score (nSPS) is 11.2. The number of methoxy groups -OCH3 is 1. The van der Waals surface area contributed by atoms with Crippen molar-refractivity contribution in [3.05, 3.63) is 53.3 Å². The summed E-state index contributed by atoms with van der Waals surface area (Å²) in [6, 6.07) is 9.21. The summed E-state index contributed by atoms with van der Waals surface area (Å²) in [7, 11) is 1.57. The largest absolute Gasteiger partial charge is 0.496 e. The van der Waals surface area contributed by atoms with Crippen LogP contribution in [-0.4, -0.2) is 40.4 Å². The molecule has 2 aromatic heterocycles. The van der Waals surface area contributed by atoms with Crippen molar-refractivity contribution in [1.82, 2.24) is 20.1 Å². The number of hydrogen-bond acceptors (Lipinski definition) is 6. The molecule has 0 aliphatic rings. The van der Waals surface area contributed by atoms with Crippen LogP contribution in [0.2, 0.25) is 0 Å². The lowest BCUT2D eigenvalue weighted by Gasteiger charge is -2.12. The minimum atomic E-state index is -0.579. The third-order valence-electron chi connectivity index (χ3n) is 4.89. The molecule has 0 fully saturated rings. The minimum Gasteiger partial charge on any atom is -0.496 e. The van der Waals surface area contributed by atoms with E-state index >= 15 is 0 Å². The molecule has 3 rings (SSSR count). The zero-order valence-corrected chi connectivity index (χ0v) is 18.5. The number of pyridine rings is 1. The fourth-order valence-electron chi connectivity index (χ4n) is 3.18. The summed E-state index contributed by atoms with van der Waals surface area (Å²) in [6.45, 7) is 7.90. The zero-order chi connectivity index (χ0) is 22.5. The number of aromatic nitrogens is 3. The van der Waals surface area contributed by atoms with E-state index in [0.29, 0.717) is 22.3 Å². The summed E-state index contributed by atoms with van der Waals surface area (Å²) in [4.78, 5) is 29.7. The molecule has 8 heteroatoms. The van der Waals surface area contributed by atoms with Crippen molar-refractivity contribution in [2.75, 3.05) is 13.7 Å². The van der Waals surface area contributed by atoms with E-state index in [0.717, 1.165) is 11.3 Å². The van der Waals surface area contributed by atoms with Crippen molar-refractivity contribution in [3.8, 4) is 5.75 Å². The number of ether oxygens (including phenoxy) is 2. The molecule has 1 amide bonds. The highest BCUT2D eigenvalue weighted by Gasteiger charge is 2.20. The first-order valence-electron chi connectivity index (χ1n) is 10.3. The van der Waals surface area contributed by atoms with Gasteiger partial charge in [-0.3, -0.25) is 4.79 Å². The number of benzene rings is 1. The molecule has 1 aromatic carbocycles. The van der Waals surface area contributed by atoms with Gasteiger partial charge in [0.25, 0.3) is 5.91 Å². The van der Waals surface area contributed by atoms with Gasteiger partial charge in [-0.1, -0.05) is 32.0 Å². The van der Waals surface area contributed by atoms with Crippen molar-refractivity contribution < 1.29 is 19.1 Å². The Hall–Kier alpha value is -3.42. The molecule has 8 nitrogen and oxygen atoms in total. The van der Waals surface area contributed by atoms with E-state index in [9.17, 15) is 9.59 Å². The summed E-state index contributed by atoms with van der Waals surface area (Å²) in [5.41, 5.74) is 2.59. The van der Waals surface area contributed by atoms with E-state index in [2.05, 4.69) is 15.4 Å². The number of fused-ring (bicyclic) bond motifs is 1. The van der Waals surface area contributed by atoms with E-state index in [-0.39, 0.29) is 25.1 Å². The van der Waals surface area contributed by atoms with Crippen molar-refractivity contribution in [2.45, 2.75) is 46.2 Å². The van der Waals surface area contributed by atoms with Gasteiger partial charge in [0.15, 0.2) is 12.3 Å². The summed E-state index contributed by atoms with van der Waals surface area (Å²) < 4.78 is 12.3. The SMILES string of the molecule is COc1ccccc1CNC(=O)COC(=O)c1cc(C(C)C)nc2c1cnn2C(C)C. The molecule has 0 saturated heterocycles. The number of nitrogens with one attached hydrogen (secondary N) is 1. The van der Waals surface area contributed by atoms with Gasteiger partial charge in [0.1, 0.15) is 5.75 Å². The smallest absolute Gasteiger partial charge is 0.339 e. The van der Waals surface area contributed by atoms with Gasteiger partial charge in [-0.25, -0.2) is 14.5 Å². The molecule has 0 spiro atoms. The molecule has 0 radical (unpaired) electrons. The van der Waals surface area contributed by atoms with Crippen LogP contribution in [0.4, 0.5) is 0 Å². The molecule has 0 aliphatic carbocycles. The number of nitrogens with zero attached hydrogens (tertiary/aromatic N) is 3. The maximum Gasteiger partial charge on any atom is 0.339 e. The highest BCUT2D eigenvalue weighted by molar-refractivity contribution is 6.03. The molecule has 31 heavy (non-hydrogen) atoms. The average Bonchev–Trinajstić information content (AvgIpc) is 3.19. The fourth-order valence-corrected chi connectivity index (χ4v) is 3.18. The van der Waals surface area contributed by atoms with Crippen LogP contribution in [0.3, 0.4) is 0 Å². The second kappa shape index (κ2) is 9.59. The van der Waals surface area contributed by atoms with E-state index < -0.39 is 11.9 Å². The first-order valence-corrected chi connectivity index (χ1v) is 10.3. The lowest BCUT2D eigenvalue weighted by Crippen LogP contribution is -2.28. The van der Waals surface area contributed by atoms with Gasteiger partial charge >= 0.3 is 5.97 Å². The van der Waals surface area contributed by atoms with Crippen LogP contribution in [0.15, 0.2) is 36.5 Å². The Morgan fingerprint density at radius 3 is 2.58 bits per heavy atom. The van der Waals surface area contributed by atoms with Gasteiger partial charge in [-0.2, -0.15) is 5.10 Å². The lowest BCUT2D eigenvalue weighted by atomic mass is 10.1. The molecule has 0 bridgehead atoms. The highest BCUT2D eigenvalue weighted by atomic mass is 16.5. The molecule has 0 saturated carbocycles. The molecular formula is C23H28N4O4. The van der Waals surface area contributed by atoms with Gasteiger partial charge < -0.3 is 14.8 Å². The number of rotatable bonds is 8. The average molecular weight is 425 g/mol. The number of esters is 1. The number of amides is 1. The molecule has 0 aliphatic heterocycles. The van der Waals surface area contributed by atoms with Crippen molar-refractivity contribution in [1.29, 1.82) is 0 Å². The molecule has 3 aromatic rings. The monoisotopic (exact) mass is 424 g/mol. The number of para-hydroxylation sites is 1. The van der Waals surface area contributed by atoms with Gasteiger partial charge in [0.2, 0.25) is 0 Å².